The van der Waals surface area contributed by atoms with Crippen LogP contribution in [0.25, 0.3) is 0 Å². The van der Waals surface area contributed by atoms with Gasteiger partial charge in [-0.2, -0.15) is 5.10 Å². The van der Waals surface area contributed by atoms with Gasteiger partial charge in [0.2, 0.25) is 0 Å². The summed E-state index contributed by atoms with van der Waals surface area (Å²) in [5.41, 5.74) is -0.938. The minimum absolute atomic E-state index is 0.394. The predicted octanol–water partition coefficient (Wildman–Crippen LogP) is 0.350. The lowest BCUT2D eigenvalue weighted by atomic mass is 10.1. The molecule has 1 aromatic heterocycles. The lowest BCUT2D eigenvalue weighted by Gasteiger charge is -2.24. The first-order chi connectivity index (χ1) is 7.08. The number of aromatic amines is 1. The van der Waals surface area contributed by atoms with E-state index in [-0.39, 0.29) is 0 Å². The zero-order valence-corrected chi connectivity index (χ0v) is 9.47. The third kappa shape index (κ3) is 3.21. The van der Waals surface area contributed by atoms with Gasteiger partial charge in [0.1, 0.15) is 11.9 Å². The Bertz CT molecular complexity index is 316. The van der Waals surface area contributed by atoms with Crippen molar-refractivity contribution in [1.29, 1.82) is 0 Å². The van der Waals surface area contributed by atoms with Gasteiger partial charge in [0.25, 0.3) is 0 Å². The first-order valence-electron chi connectivity index (χ1n) is 4.55. The maximum atomic E-state index is 11.0. The average Bonchev–Trinajstić information content (AvgIpc) is 2.67. The van der Waals surface area contributed by atoms with E-state index in [0.717, 1.165) is 0 Å². The second-order valence-electron chi connectivity index (χ2n) is 3.25. The van der Waals surface area contributed by atoms with Crippen molar-refractivity contribution in [3.05, 3.63) is 6.33 Å². The molecular formula is C8H14N4O2S. The van der Waals surface area contributed by atoms with Crippen LogP contribution in [-0.2, 0) is 4.79 Å². The zero-order chi connectivity index (χ0) is 11.3. The van der Waals surface area contributed by atoms with Gasteiger partial charge in [-0.15, -0.1) is 0 Å². The van der Waals surface area contributed by atoms with Crippen molar-refractivity contribution in [2.24, 2.45) is 0 Å². The molecule has 0 bridgehead atoms. The molecule has 15 heavy (non-hydrogen) atoms. The summed E-state index contributed by atoms with van der Waals surface area (Å²) in [4.78, 5) is 15.0. The summed E-state index contributed by atoms with van der Waals surface area (Å²) in [6.45, 7) is 4.14. The first-order valence-corrected chi connectivity index (χ1v) is 5.53. The van der Waals surface area contributed by atoms with Crippen LogP contribution in [0.5, 0.6) is 0 Å². The number of H-pyrrole nitrogens is 1. The maximum Gasteiger partial charge on any atom is 0.324 e. The van der Waals surface area contributed by atoms with Crippen LogP contribution in [0.2, 0.25) is 0 Å². The molecule has 1 atom stereocenters. The predicted molar refractivity (Wildman–Crippen MR) is 56.8 cm³/mol. The van der Waals surface area contributed by atoms with E-state index in [1.165, 1.54) is 18.1 Å². The zero-order valence-electron chi connectivity index (χ0n) is 8.65. The van der Waals surface area contributed by atoms with Gasteiger partial charge < -0.3 is 10.4 Å². The van der Waals surface area contributed by atoms with Crippen LogP contribution >= 0.6 is 11.8 Å². The second kappa shape index (κ2) is 5.13. The number of carbonyl (C=O) groups is 1. The molecule has 0 aliphatic carbocycles. The van der Waals surface area contributed by atoms with E-state index in [2.05, 4.69) is 20.5 Å². The maximum absolute atomic E-state index is 11.0. The highest BCUT2D eigenvalue weighted by atomic mass is 32.2. The Morgan fingerprint density at radius 2 is 2.53 bits per heavy atom. The Hall–Kier alpha value is -1.08. The van der Waals surface area contributed by atoms with Crippen molar-refractivity contribution in [2.75, 3.05) is 12.3 Å². The van der Waals surface area contributed by atoms with E-state index < -0.39 is 11.5 Å². The Kier molecular flexibility index (Phi) is 4.10. The van der Waals surface area contributed by atoms with Crippen molar-refractivity contribution >= 4 is 17.7 Å². The number of thioether (sulfide) groups is 1. The largest absolute Gasteiger partial charge is 0.480 e. The third-order valence-electron chi connectivity index (χ3n) is 1.93. The van der Waals surface area contributed by atoms with Gasteiger partial charge in [-0.1, -0.05) is 18.7 Å². The van der Waals surface area contributed by atoms with Crippen LogP contribution in [0.1, 0.15) is 13.8 Å². The Labute approximate surface area is 91.9 Å². The highest BCUT2D eigenvalue weighted by Gasteiger charge is 2.32. The fraction of sp³-hybridized carbons (Fsp3) is 0.625. The van der Waals surface area contributed by atoms with Gasteiger partial charge in [0.05, 0.1) is 0 Å². The monoisotopic (exact) mass is 230 g/mol. The summed E-state index contributed by atoms with van der Waals surface area (Å²) in [7, 11) is 0. The summed E-state index contributed by atoms with van der Waals surface area (Å²) < 4.78 is 0. The van der Waals surface area contributed by atoms with Gasteiger partial charge >= 0.3 is 5.97 Å². The molecular weight excluding hydrogens is 216 g/mol. The van der Waals surface area contributed by atoms with Gasteiger partial charge in [0.15, 0.2) is 5.16 Å². The normalized spacial score (nSPS) is 14.8. The van der Waals surface area contributed by atoms with E-state index in [4.69, 9.17) is 5.11 Å². The van der Waals surface area contributed by atoms with Crippen LogP contribution in [0.3, 0.4) is 0 Å². The van der Waals surface area contributed by atoms with Crippen LogP contribution in [0, 0.1) is 0 Å². The van der Waals surface area contributed by atoms with E-state index >= 15 is 0 Å². The average molecular weight is 230 g/mol. The minimum Gasteiger partial charge on any atom is -0.480 e. The number of nitrogens with one attached hydrogen (secondary N) is 2. The van der Waals surface area contributed by atoms with Crippen molar-refractivity contribution in [1.82, 2.24) is 20.5 Å². The van der Waals surface area contributed by atoms with Crippen LogP contribution in [0.15, 0.2) is 11.5 Å². The molecule has 0 saturated carbocycles. The van der Waals surface area contributed by atoms with Crippen molar-refractivity contribution in [2.45, 2.75) is 24.5 Å². The highest BCUT2D eigenvalue weighted by molar-refractivity contribution is 7.99. The fourth-order valence-electron chi connectivity index (χ4n) is 1.06. The summed E-state index contributed by atoms with van der Waals surface area (Å²) in [5.74, 6) is -0.470. The van der Waals surface area contributed by atoms with E-state index in [1.807, 2.05) is 6.92 Å². The molecule has 0 aliphatic heterocycles. The van der Waals surface area contributed by atoms with E-state index in [1.54, 1.807) is 6.92 Å². The second-order valence-corrected chi connectivity index (χ2v) is 4.21. The fourth-order valence-corrected chi connectivity index (χ4v) is 1.94. The van der Waals surface area contributed by atoms with Crippen molar-refractivity contribution < 1.29 is 9.90 Å². The number of nitrogens with zero attached hydrogens (tertiary/aromatic N) is 2. The van der Waals surface area contributed by atoms with Crippen LogP contribution in [-0.4, -0.2) is 44.1 Å². The topological polar surface area (TPSA) is 90.9 Å². The summed E-state index contributed by atoms with van der Waals surface area (Å²) >= 11 is 1.33. The number of aliphatic carboxylic acids is 1. The summed E-state index contributed by atoms with van der Waals surface area (Å²) in [6, 6.07) is 0. The lowest BCUT2D eigenvalue weighted by molar-refractivity contribution is -0.143. The van der Waals surface area contributed by atoms with Gasteiger partial charge in [-0.25, -0.2) is 4.98 Å². The molecule has 1 unspecified atom stereocenters. The molecule has 0 saturated heterocycles. The molecule has 0 aromatic carbocycles. The van der Waals surface area contributed by atoms with Gasteiger partial charge in [0, 0.05) is 5.75 Å². The van der Waals surface area contributed by atoms with Crippen LogP contribution < -0.4 is 5.32 Å². The quantitative estimate of drug-likeness (QED) is 0.611. The molecule has 3 N–H and O–H groups in total. The number of carboxylic acid groups (broad SMARTS) is 1. The molecule has 1 aromatic rings. The van der Waals surface area contributed by atoms with E-state index in [0.29, 0.717) is 17.5 Å². The number of hydrogen-bond acceptors (Lipinski definition) is 5. The third-order valence-corrected chi connectivity index (χ3v) is 3.12. The molecule has 6 nitrogen and oxygen atoms in total. The number of hydrogen-bond donors (Lipinski definition) is 3. The molecule has 0 radical (unpaired) electrons. The lowest BCUT2D eigenvalue weighted by Crippen LogP contribution is -2.51. The molecule has 0 fully saturated rings. The van der Waals surface area contributed by atoms with Crippen LogP contribution in [0.4, 0.5) is 0 Å². The van der Waals surface area contributed by atoms with Gasteiger partial charge in [-0.3, -0.25) is 9.89 Å². The molecule has 0 amide bonds. The highest BCUT2D eigenvalue weighted by Crippen LogP contribution is 2.18. The molecule has 0 spiro atoms. The number of carboxylic acids is 1. The number of likely N-dealkylation sites (N-methyl/N-ethyl adjacent to an activating group) is 1. The van der Waals surface area contributed by atoms with Gasteiger partial charge in [-0.05, 0) is 13.5 Å². The number of rotatable bonds is 6. The molecule has 1 rings (SSSR count). The molecule has 0 aliphatic rings. The number of aromatic nitrogens is 3. The van der Waals surface area contributed by atoms with Crippen molar-refractivity contribution in [3.8, 4) is 0 Å². The Morgan fingerprint density at radius 3 is 3.00 bits per heavy atom. The van der Waals surface area contributed by atoms with E-state index in [9.17, 15) is 4.79 Å². The Balaban J connectivity index is 2.56. The molecule has 84 valence electrons. The minimum atomic E-state index is -0.938. The Morgan fingerprint density at radius 1 is 1.80 bits per heavy atom. The standard InChI is InChI=1S/C8H14N4O2S/c1-3-10-8(2,6(13)14)4-15-7-9-5-11-12-7/h5,10H,3-4H2,1-2H3,(H,13,14)(H,9,11,12). The molecule has 7 heteroatoms. The van der Waals surface area contributed by atoms with Crippen molar-refractivity contribution in [3.63, 3.8) is 0 Å². The first kappa shape index (κ1) is 12.0. The molecule has 1 heterocycles. The summed E-state index contributed by atoms with van der Waals surface area (Å²) in [6.07, 6.45) is 1.40. The summed E-state index contributed by atoms with van der Waals surface area (Å²) in [5, 5.41) is 19.0. The smallest absolute Gasteiger partial charge is 0.324 e. The SMILES string of the molecule is CCNC(C)(CSc1ncn[nH]1)C(=O)O.